The number of nitrogens with zero attached hydrogens (tertiary/aromatic N) is 2. The second-order valence-corrected chi connectivity index (χ2v) is 11.5. The molecule has 0 bridgehead atoms. The molecule has 2 heterocycles. The number of carbonyl (C=O) groups excluding carboxylic acids is 1. The van der Waals surface area contributed by atoms with E-state index in [1.165, 1.54) is 20.0 Å². The van der Waals surface area contributed by atoms with Crippen molar-refractivity contribution in [3.8, 4) is 0 Å². The number of hydrogen-bond donors (Lipinski definition) is 2. The van der Waals surface area contributed by atoms with Crippen LogP contribution in [0.3, 0.4) is 0 Å². The minimum Gasteiger partial charge on any atom is -0.345 e. The Balaban J connectivity index is 1.58. The highest BCUT2D eigenvalue weighted by Gasteiger charge is 2.32. The SMILES string of the molecule is CC(C)(F)CNS(=O)(=O)c1cc2c(c3cnc(C4CC4)cc13)CC[C@@H]2NC(=O)c1cccnc1. The Morgan fingerprint density at radius 1 is 1.18 bits per heavy atom. The number of hydrogen-bond acceptors (Lipinski definition) is 5. The summed E-state index contributed by atoms with van der Waals surface area (Å²) in [6, 6.07) is 6.53. The Kier molecular flexibility index (Phi) is 5.64. The van der Waals surface area contributed by atoms with Crippen molar-refractivity contribution in [1.29, 1.82) is 0 Å². The normalized spacial score (nSPS) is 18.1. The molecule has 0 saturated heterocycles. The molecule has 34 heavy (non-hydrogen) atoms. The number of carbonyl (C=O) groups is 1. The highest BCUT2D eigenvalue weighted by atomic mass is 32.2. The summed E-state index contributed by atoms with van der Waals surface area (Å²) in [7, 11) is -4.01. The maximum atomic E-state index is 14.1. The maximum Gasteiger partial charge on any atom is 0.253 e. The van der Waals surface area contributed by atoms with Gasteiger partial charge in [0.15, 0.2) is 0 Å². The number of amides is 1. The van der Waals surface area contributed by atoms with Crippen molar-refractivity contribution in [2.75, 3.05) is 6.54 Å². The second-order valence-electron chi connectivity index (χ2n) is 9.72. The Morgan fingerprint density at radius 3 is 2.65 bits per heavy atom. The van der Waals surface area contributed by atoms with Gasteiger partial charge < -0.3 is 5.32 Å². The number of fused-ring (bicyclic) bond motifs is 3. The fraction of sp³-hybridized carbons (Fsp3) is 0.400. The first-order valence-corrected chi connectivity index (χ1v) is 13.0. The molecule has 3 aromatic rings. The van der Waals surface area contributed by atoms with Gasteiger partial charge in [-0.1, -0.05) is 0 Å². The first-order valence-electron chi connectivity index (χ1n) is 11.5. The van der Waals surface area contributed by atoms with Crippen LogP contribution in [0.5, 0.6) is 0 Å². The van der Waals surface area contributed by atoms with Gasteiger partial charge in [0, 0.05) is 47.5 Å². The van der Waals surface area contributed by atoms with Gasteiger partial charge in [0.1, 0.15) is 5.67 Å². The summed E-state index contributed by atoms with van der Waals surface area (Å²) in [5, 5.41) is 4.38. The standard InChI is InChI=1S/C25H27FN4O3S/c1-25(2,26)14-29-34(32,33)23-11-18-17(20-13-28-22(10-19(20)23)15-5-6-15)7-8-21(18)30-24(31)16-4-3-9-27-12-16/h3-4,9-13,15,21,29H,5-8,14H2,1-2H3,(H,30,31)/t21-/m0/s1. The molecule has 178 valence electrons. The fourth-order valence-electron chi connectivity index (χ4n) is 4.47. The highest BCUT2D eigenvalue weighted by Crippen LogP contribution is 2.43. The van der Waals surface area contributed by atoms with Gasteiger partial charge in [-0.2, -0.15) is 0 Å². The summed E-state index contributed by atoms with van der Waals surface area (Å²) < 4.78 is 43.2. The monoisotopic (exact) mass is 482 g/mol. The van der Waals surface area contributed by atoms with Crippen molar-refractivity contribution in [2.24, 2.45) is 0 Å². The van der Waals surface area contributed by atoms with Crippen LogP contribution < -0.4 is 10.0 Å². The van der Waals surface area contributed by atoms with Gasteiger partial charge in [0.2, 0.25) is 10.0 Å². The molecule has 9 heteroatoms. The van der Waals surface area contributed by atoms with Gasteiger partial charge >= 0.3 is 0 Å². The van der Waals surface area contributed by atoms with Crippen LogP contribution in [0.1, 0.15) is 72.2 Å². The van der Waals surface area contributed by atoms with Gasteiger partial charge in [-0.3, -0.25) is 14.8 Å². The number of aromatic nitrogens is 2. The molecule has 1 atom stereocenters. The van der Waals surface area contributed by atoms with Crippen LogP contribution in [0, 0.1) is 0 Å². The van der Waals surface area contributed by atoms with E-state index in [9.17, 15) is 17.6 Å². The fourth-order valence-corrected chi connectivity index (χ4v) is 5.90. The molecule has 2 aliphatic carbocycles. The van der Waals surface area contributed by atoms with Gasteiger partial charge in [0.25, 0.3) is 5.91 Å². The number of halogens is 1. The van der Waals surface area contributed by atoms with Crippen molar-refractivity contribution in [1.82, 2.24) is 20.0 Å². The lowest BCUT2D eigenvalue weighted by molar-refractivity contribution is 0.0936. The van der Waals surface area contributed by atoms with Gasteiger partial charge in [-0.05, 0) is 74.9 Å². The summed E-state index contributed by atoms with van der Waals surface area (Å²) in [5.74, 6) is 0.0902. The zero-order chi connectivity index (χ0) is 24.1. The van der Waals surface area contributed by atoms with Crippen LogP contribution in [0.4, 0.5) is 4.39 Å². The molecule has 0 spiro atoms. The van der Waals surface area contributed by atoms with Crippen LogP contribution in [-0.2, 0) is 16.4 Å². The Bertz CT molecular complexity index is 1370. The van der Waals surface area contributed by atoms with Gasteiger partial charge in [-0.15, -0.1) is 0 Å². The molecule has 2 aliphatic rings. The van der Waals surface area contributed by atoms with E-state index in [4.69, 9.17) is 0 Å². The molecule has 1 fully saturated rings. The second kappa shape index (κ2) is 8.39. The minimum atomic E-state index is -4.01. The third-order valence-corrected chi connectivity index (χ3v) is 7.85. The van der Waals surface area contributed by atoms with Gasteiger partial charge in [-0.25, -0.2) is 17.5 Å². The zero-order valence-corrected chi connectivity index (χ0v) is 20.0. The molecule has 1 amide bonds. The quantitative estimate of drug-likeness (QED) is 0.531. The van der Waals surface area contributed by atoms with E-state index in [2.05, 4.69) is 20.0 Å². The average Bonchev–Trinajstić information content (AvgIpc) is 3.58. The van der Waals surface area contributed by atoms with Gasteiger partial charge in [0.05, 0.1) is 16.5 Å². The van der Waals surface area contributed by atoms with E-state index >= 15 is 0 Å². The molecular weight excluding hydrogens is 455 g/mol. The number of benzene rings is 1. The third-order valence-electron chi connectivity index (χ3n) is 6.41. The summed E-state index contributed by atoms with van der Waals surface area (Å²) >= 11 is 0. The molecule has 2 aromatic heterocycles. The van der Waals surface area contributed by atoms with Crippen LogP contribution in [0.15, 0.2) is 47.8 Å². The number of aryl methyl sites for hydroxylation is 1. The van der Waals surface area contributed by atoms with Crippen LogP contribution in [0.2, 0.25) is 0 Å². The minimum absolute atomic E-state index is 0.0947. The Labute approximate surface area is 198 Å². The first-order chi connectivity index (χ1) is 16.1. The zero-order valence-electron chi connectivity index (χ0n) is 19.1. The summed E-state index contributed by atoms with van der Waals surface area (Å²) in [4.78, 5) is 21.5. The van der Waals surface area contributed by atoms with Crippen LogP contribution >= 0.6 is 0 Å². The van der Waals surface area contributed by atoms with E-state index in [0.717, 1.165) is 35.0 Å². The maximum absolute atomic E-state index is 14.1. The largest absolute Gasteiger partial charge is 0.345 e. The molecule has 5 rings (SSSR count). The lowest BCUT2D eigenvalue weighted by atomic mass is 10.00. The molecule has 0 unspecified atom stereocenters. The lowest BCUT2D eigenvalue weighted by Gasteiger charge is -2.19. The number of alkyl halides is 1. The smallest absolute Gasteiger partial charge is 0.253 e. The number of pyridine rings is 2. The number of rotatable bonds is 7. The van der Waals surface area contributed by atoms with E-state index in [0.29, 0.717) is 29.7 Å². The third kappa shape index (κ3) is 4.54. The summed E-state index contributed by atoms with van der Waals surface area (Å²) in [6.07, 6.45) is 8.28. The summed E-state index contributed by atoms with van der Waals surface area (Å²) in [6.45, 7) is 2.32. The van der Waals surface area contributed by atoms with Crippen molar-refractivity contribution in [3.63, 3.8) is 0 Å². The first kappa shape index (κ1) is 22.9. The molecule has 0 radical (unpaired) electrons. The average molecular weight is 483 g/mol. The highest BCUT2D eigenvalue weighted by molar-refractivity contribution is 7.89. The number of sulfonamides is 1. The Morgan fingerprint density at radius 2 is 1.97 bits per heavy atom. The van der Waals surface area contributed by atoms with E-state index in [1.807, 2.05) is 6.07 Å². The predicted octanol–water partition coefficient (Wildman–Crippen LogP) is 3.95. The van der Waals surface area contributed by atoms with Crippen molar-refractivity contribution >= 4 is 26.7 Å². The molecular formula is C25H27FN4O3S. The van der Waals surface area contributed by atoms with Crippen LogP contribution in [0.25, 0.3) is 10.8 Å². The van der Waals surface area contributed by atoms with Crippen LogP contribution in [-0.4, -0.2) is 36.5 Å². The Hall–Kier alpha value is -2.91. The molecule has 2 N–H and O–H groups in total. The molecule has 7 nitrogen and oxygen atoms in total. The van der Waals surface area contributed by atoms with E-state index in [1.54, 1.807) is 30.6 Å². The molecule has 1 aromatic carbocycles. The molecule has 0 aliphatic heterocycles. The van der Waals surface area contributed by atoms with E-state index < -0.39 is 15.7 Å². The van der Waals surface area contributed by atoms with E-state index in [-0.39, 0.29) is 23.4 Å². The molecule has 1 saturated carbocycles. The topological polar surface area (TPSA) is 101 Å². The van der Waals surface area contributed by atoms with Crippen molar-refractivity contribution < 1.29 is 17.6 Å². The predicted molar refractivity (Wildman–Crippen MR) is 127 cm³/mol. The summed E-state index contributed by atoms with van der Waals surface area (Å²) in [5.41, 5.74) is 1.37. The van der Waals surface area contributed by atoms with Crippen molar-refractivity contribution in [2.45, 2.75) is 62.1 Å². The lowest BCUT2D eigenvalue weighted by Crippen LogP contribution is -2.35. The van der Waals surface area contributed by atoms with Crippen molar-refractivity contribution in [3.05, 3.63) is 65.2 Å². The number of nitrogens with one attached hydrogen (secondary N) is 2.